The topological polar surface area (TPSA) is 41.0 Å². The highest BCUT2D eigenvalue weighted by atomic mass is 35.5. The van der Waals surface area contributed by atoms with Crippen LogP contribution in [-0.4, -0.2) is 35.1 Å². The lowest BCUT2D eigenvalue weighted by Crippen LogP contribution is -2.51. The number of rotatable bonds is 2. The molecule has 1 aromatic carbocycles. The highest BCUT2D eigenvalue weighted by Crippen LogP contribution is 2.40. The Morgan fingerprint density at radius 1 is 1.07 bits per heavy atom. The standard InChI is InChI=1S/C19H16ClF3N4S/c20-12-4-10(3-11(5-12)19(21,22)23)16-6-15-17(24-9-25-18(15)28-16)27-7-13-1-2-14(8-27)26-13/h3-6,9,13-14,26H,1-2,7-8H2. The van der Waals surface area contributed by atoms with Gasteiger partial charge in [-0.1, -0.05) is 11.6 Å². The first-order valence-corrected chi connectivity index (χ1v) is 10.2. The second-order valence-corrected chi connectivity index (χ2v) is 8.76. The van der Waals surface area contributed by atoms with Gasteiger partial charge in [0.15, 0.2) is 0 Å². The van der Waals surface area contributed by atoms with Gasteiger partial charge in [0.05, 0.1) is 10.9 Å². The molecule has 5 rings (SSSR count). The monoisotopic (exact) mass is 424 g/mol. The van der Waals surface area contributed by atoms with Gasteiger partial charge in [-0.2, -0.15) is 13.2 Å². The Morgan fingerprint density at radius 2 is 1.82 bits per heavy atom. The largest absolute Gasteiger partial charge is 0.416 e. The van der Waals surface area contributed by atoms with E-state index in [4.69, 9.17) is 11.6 Å². The van der Waals surface area contributed by atoms with Crippen molar-refractivity contribution in [3.63, 3.8) is 0 Å². The fourth-order valence-corrected chi connectivity index (χ4v) is 5.32. The zero-order valence-corrected chi connectivity index (χ0v) is 16.2. The molecule has 2 bridgehead atoms. The molecule has 1 N–H and O–H groups in total. The summed E-state index contributed by atoms with van der Waals surface area (Å²) in [6, 6.07) is 6.44. The summed E-state index contributed by atoms with van der Waals surface area (Å²) < 4.78 is 39.5. The summed E-state index contributed by atoms with van der Waals surface area (Å²) in [5.74, 6) is 0.851. The number of alkyl halides is 3. The normalized spacial score (nSPS) is 22.2. The van der Waals surface area contributed by atoms with Crippen LogP contribution in [0.1, 0.15) is 18.4 Å². The smallest absolute Gasteiger partial charge is 0.353 e. The molecule has 0 spiro atoms. The maximum absolute atomic E-state index is 13.2. The summed E-state index contributed by atoms with van der Waals surface area (Å²) in [6.45, 7) is 1.76. The lowest BCUT2D eigenvalue weighted by molar-refractivity contribution is -0.137. The van der Waals surface area contributed by atoms with Gasteiger partial charge in [0.25, 0.3) is 0 Å². The molecular formula is C19H16ClF3N4S. The quantitative estimate of drug-likeness (QED) is 0.630. The summed E-state index contributed by atoms with van der Waals surface area (Å²) in [5.41, 5.74) is -0.313. The molecule has 9 heteroatoms. The summed E-state index contributed by atoms with van der Waals surface area (Å²) in [7, 11) is 0. The molecule has 28 heavy (non-hydrogen) atoms. The van der Waals surface area contributed by atoms with Crippen LogP contribution >= 0.6 is 22.9 Å². The van der Waals surface area contributed by atoms with Crippen molar-refractivity contribution in [1.82, 2.24) is 15.3 Å². The van der Waals surface area contributed by atoms with Gasteiger partial charge >= 0.3 is 6.18 Å². The molecule has 2 aliphatic heterocycles. The predicted octanol–water partition coefficient (Wildman–Crippen LogP) is 4.97. The minimum Gasteiger partial charge on any atom is -0.353 e. The first-order valence-electron chi connectivity index (χ1n) is 9.00. The van der Waals surface area contributed by atoms with Crippen LogP contribution < -0.4 is 10.2 Å². The lowest BCUT2D eigenvalue weighted by atomic mass is 10.1. The third kappa shape index (κ3) is 3.23. The molecule has 0 aliphatic carbocycles. The second kappa shape index (κ2) is 6.57. The molecule has 0 amide bonds. The van der Waals surface area contributed by atoms with E-state index in [0.29, 0.717) is 22.5 Å². The fraction of sp³-hybridized carbons (Fsp3) is 0.368. The average Bonchev–Trinajstić information content (AvgIpc) is 3.23. The van der Waals surface area contributed by atoms with E-state index in [1.54, 1.807) is 6.07 Å². The number of halogens is 4. The van der Waals surface area contributed by atoms with Crippen molar-refractivity contribution in [3.05, 3.63) is 41.2 Å². The van der Waals surface area contributed by atoms with Gasteiger partial charge in [-0.3, -0.25) is 0 Å². The Balaban J connectivity index is 1.57. The molecule has 2 aliphatic rings. The van der Waals surface area contributed by atoms with Gasteiger partial charge in [0, 0.05) is 35.1 Å². The molecule has 3 aromatic rings. The Bertz CT molecular complexity index is 1040. The molecule has 2 aromatic heterocycles. The number of piperazine rings is 1. The van der Waals surface area contributed by atoms with Gasteiger partial charge in [-0.15, -0.1) is 11.3 Å². The molecular weight excluding hydrogens is 409 g/mol. The molecule has 2 fully saturated rings. The van der Waals surface area contributed by atoms with Crippen LogP contribution in [0.2, 0.25) is 5.02 Å². The van der Waals surface area contributed by atoms with E-state index in [0.717, 1.165) is 54.1 Å². The van der Waals surface area contributed by atoms with Crippen molar-refractivity contribution in [2.75, 3.05) is 18.0 Å². The highest BCUT2D eigenvalue weighted by molar-refractivity contribution is 7.21. The number of nitrogens with zero attached hydrogens (tertiary/aromatic N) is 3. The number of hydrogen-bond acceptors (Lipinski definition) is 5. The molecule has 0 radical (unpaired) electrons. The molecule has 2 saturated heterocycles. The zero-order valence-electron chi connectivity index (χ0n) is 14.6. The van der Waals surface area contributed by atoms with Crippen LogP contribution in [0.5, 0.6) is 0 Å². The summed E-state index contributed by atoms with van der Waals surface area (Å²) in [5, 5.41) is 4.53. The third-order valence-corrected chi connectivity index (χ3v) is 6.64. The number of thiophene rings is 1. The first kappa shape index (κ1) is 18.1. The van der Waals surface area contributed by atoms with Crippen molar-refractivity contribution >= 4 is 39.0 Å². The molecule has 4 nitrogen and oxygen atoms in total. The van der Waals surface area contributed by atoms with E-state index < -0.39 is 11.7 Å². The SMILES string of the molecule is FC(F)(F)c1cc(Cl)cc(-c2cc3c(N4CC5CCC(C4)N5)ncnc3s2)c1. The van der Waals surface area contributed by atoms with Crippen LogP contribution in [0.4, 0.5) is 19.0 Å². The average molecular weight is 425 g/mol. The van der Waals surface area contributed by atoms with E-state index in [-0.39, 0.29) is 5.02 Å². The van der Waals surface area contributed by atoms with Gasteiger partial charge in [0.1, 0.15) is 17.0 Å². The number of benzene rings is 1. The Kier molecular flexibility index (Phi) is 4.26. The van der Waals surface area contributed by atoms with Crippen LogP contribution in [-0.2, 0) is 6.18 Å². The van der Waals surface area contributed by atoms with Gasteiger partial charge in [-0.25, -0.2) is 9.97 Å². The maximum Gasteiger partial charge on any atom is 0.416 e. The minimum atomic E-state index is -4.44. The molecule has 146 valence electrons. The van der Waals surface area contributed by atoms with Crippen molar-refractivity contribution in [1.29, 1.82) is 0 Å². The number of anilines is 1. The van der Waals surface area contributed by atoms with Crippen molar-refractivity contribution in [2.45, 2.75) is 31.1 Å². The Hall–Kier alpha value is -1.90. The van der Waals surface area contributed by atoms with Crippen LogP contribution in [0.15, 0.2) is 30.6 Å². The third-order valence-electron chi connectivity index (χ3n) is 5.33. The van der Waals surface area contributed by atoms with E-state index >= 15 is 0 Å². The van der Waals surface area contributed by atoms with E-state index in [2.05, 4.69) is 20.2 Å². The molecule has 0 saturated carbocycles. The Labute approximate surface area is 168 Å². The lowest BCUT2D eigenvalue weighted by Gasteiger charge is -2.33. The van der Waals surface area contributed by atoms with Crippen molar-refractivity contribution in [2.24, 2.45) is 0 Å². The van der Waals surface area contributed by atoms with Gasteiger partial charge in [-0.05, 0) is 42.7 Å². The molecule has 2 unspecified atom stereocenters. The number of fused-ring (bicyclic) bond motifs is 3. The highest BCUT2D eigenvalue weighted by Gasteiger charge is 2.34. The zero-order chi connectivity index (χ0) is 19.5. The molecule has 2 atom stereocenters. The summed E-state index contributed by atoms with van der Waals surface area (Å²) >= 11 is 7.31. The van der Waals surface area contributed by atoms with Gasteiger partial charge in [0.2, 0.25) is 0 Å². The first-order chi connectivity index (χ1) is 13.4. The van der Waals surface area contributed by atoms with Gasteiger partial charge < -0.3 is 10.2 Å². The maximum atomic E-state index is 13.2. The molecule has 4 heterocycles. The van der Waals surface area contributed by atoms with Crippen LogP contribution in [0.25, 0.3) is 20.7 Å². The summed E-state index contributed by atoms with van der Waals surface area (Å²) in [4.78, 5) is 12.6. The van der Waals surface area contributed by atoms with Crippen molar-refractivity contribution in [3.8, 4) is 10.4 Å². The number of aromatic nitrogens is 2. The second-order valence-electron chi connectivity index (χ2n) is 7.30. The van der Waals surface area contributed by atoms with Crippen LogP contribution in [0.3, 0.4) is 0 Å². The number of nitrogens with one attached hydrogen (secondary N) is 1. The minimum absolute atomic E-state index is 0.0623. The fourth-order valence-electron chi connectivity index (χ4n) is 4.10. The van der Waals surface area contributed by atoms with E-state index in [1.807, 2.05) is 6.07 Å². The van der Waals surface area contributed by atoms with Crippen LogP contribution in [0, 0.1) is 0 Å². The summed E-state index contributed by atoms with van der Waals surface area (Å²) in [6.07, 6.45) is -0.595. The van der Waals surface area contributed by atoms with E-state index in [1.165, 1.54) is 17.7 Å². The number of hydrogen-bond donors (Lipinski definition) is 1. The Morgan fingerprint density at radius 3 is 2.54 bits per heavy atom. The predicted molar refractivity (Wildman–Crippen MR) is 105 cm³/mol. The van der Waals surface area contributed by atoms with E-state index in [9.17, 15) is 13.2 Å². The van der Waals surface area contributed by atoms with Crippen molar-refractivity contribution < 1.29 is 13.2 Å².